The van der Waals surface area contributed by atoms with Crippen molar-refractivity contribution in [1.82, 2.24) is 19.8 Å². The summed E-state index contributed by atoms with van der Waals surface area (Å²) in [7, 11) is 0. The predicted octanol–water partition coefficient (Wildman–Crippen LogP) is 4.71. The van der Waals surface area contributed by atoms with Crippen LogP contribution < -0.4 is 5.56 Å². The molecule has 1 aliphatic carbocycles. The van der Waals surface area contributed by atoms with Gasteiger partial charge < -0.3 is 14.6 Å². The third kappa shape index (κ3) is 3.32. The number of H-pyrrole nitrogens is 1. The Morgan fingerprint density at radius 1 is 1.12 bits per heavy atom. The topological polar surface area (TPSA) is 113 Å². The number of carbonyl (C=O) groups is 1. The number of aromatic nitrogens is 4. The average molecular weight is 432 g/mol. The fourth-order valence-corrected chi connectivity index (χ4v) is 4.86. The summed E-state index contributed by atoms with van der Waals surface area (Å²) in [5, 5.41) is 17.9. The standard InChI is InChI=1S/C24H24N4O4/c1-13-20(14(2)32-27-13)17-10-8-15(9-11-17)18-12-19(29)28-23(25-18)21(22(26-28)24(30)31)16-6-4-3-5-7-16/h8-12,16,25H,3-7H2,1-2H3,(H,30,31). The summed E-state index contributed by atoms with van der Waals surface area (Å²) in [6, 6.07) is 9.24. The lowest BCUT2D eigenvalue weighted by Gasteiger charge is -2.21. The molecule has 0 aliphatic heterocycles. The second kappa shape index (κ2) is 7.78. The second-order valence-electron chi connectivity index (χ2n) is 8.46. The van der Waals surface area contributed by atoms with Gasteiger partial charge in [0, 0.05) is 17.2 Å². The minimum absolute atomic E-state index is 0.0313. The summed E-state index contributed by atoms with van der Waals surface area (Å²) < 4.78 is 6.46. The Morgan fingerprint density at radius 2 is 1.81 bits per heavy atom. The van der Waals surface area contributed by atoms with E-state index in [2.05, 4.69) is 15.2 Å². The molecule has 3 heterocycles. The first kappa shape index (κ1) is 20.2. The Hall–Kier alpha value is -3.68. The molecule has 164 valence electrons. The van der Waals surface area contributed by atoms with E-state index in [0.717, 1.165) is 60.2 Å². The lowest BCUT2D eigenvalue weighted by Crippen LogP contribution is -2.15. The molecular formula is C24H24N4O4. The molecule has 3 aromatic heterocycles. The van der Waals surface area contributed by atoms with Crippen molar-refractivity contribution < 1.29 is 14.4 Å². The molecular weight excluding hydrogens is 408 g/mol. The van der Waals surface area contributed by atoms with E-state index in [9.17, 15) is 14.7 Å². The summed E-state index contributed by atoms with van der Waals surface area (Å²) in [4.78, 5) is 28.1. The zero-order valence-corrected chi connectivity index (χ0v) is 18.0. The third-order valence-corrected chi connectivity index (χ3v) is 6.39. The Kier molecular flexibility index (Phi) is 4.92. The molecule has 4 aromatic rings. The fraction of sp³-hybridized carbons (Fsp3) is 0.333. The van der Waals surface area contributed by atoms with Crippen LogP contribution in [0.25, 0.3) is 28.0 Å². The number of benzene rings is 1. The summed E-state index contributed by atoms with van der Waals surface area (Å²) in [5.74, 6) is -0.268. The molecule has 0 spiro atoms. The van der Waals surface area contributed by atoms with Crippen molar-refractivity contribution in [1.29, 1.82) is 0 Å². The van der Waals surface area contributed by atoms with Gasteiger partial charge >= 0.3 is 5.97 Å². The molecule has 0 saturated heterocycles. The molecule has 8 nitrogen and oxygen atoms in total. The molecule has 0 amide bonds. The minimum Gasteiger partial charge on any atom is -0.476 e. The number of carboxylic acids is 1. The number of hydrogen-bond acceptors (Lipinski definition) is 5. The van der Waals surface area contributed by atoms with Crippen molar-refractivity contribution in [2.75, 3.05) is 0 Å². The summed E-state index contributed by atoms with van der Waals surface area (Å²) in [5.41, 5.74) is 4.95. The third-order valence-electron chi connectivity index (χ3n) is 6.39. The molecule has 0 radical (unpaired) electrons. The van der Waals surface area contributed by atoms with Gasteiger partial charge in [-0.25, -0.2) is 4.79 Å². The number of nitrogens with one attached hydrogen (secondary N) is 1. The molecule has 0 unspecified atom stereocenters. The van der Waals surface area contributed by atoms with Crippen molar-refractivity contribution in [2.24, 2.45) is 0 Å². The van der Waals surface area contributed by atoms with E-state index in [-0.39, 0.29) is 17.2 Å². The lowest BCUT2D eigenvalue weighted by atomic mass is 9.84. The van der Waals surface area contributed by atoms with Gasteiger partial charge in [0.15, 0.2) is 5.69 Å². The van der Waals surface area contributed by atoms with Crippen LogP contribution >= 0.6 is 0 Å². The predicted molar refractivity (Wildman–Crippen MR) is 119 cm³/mol. The van der Waals surface area contributed by atoms with Crippen LogP contribution in [-0.4, -0.2) is 30.8 Å². The van der Waals surface area contributed by atoms with E-state index in [0.29, 0.717) is 16.9 Å². The number of rotatable bonds is 4. The van der Waals surface area contributed by atoms with Crippen LogP contribution in [0.1, 0.15) is 65.5 Å². The molecule has 5 rings (SSSR count). The molecule has 32 heavy (non-hydrogen) atoms. The van der Waals surface area contributed by atoms with Crippen molar-refractivity contribution in [2.45, 2.75) is 51.9 Å². The normalized spacial score (nSPS) is 14.8. The van der Waals surface area contributed by atoms with Crippen LogP contribution in [0, 0.1) is 13.8 Å². The van der Waals surface area contributed by atoms with E-state index in [1.54, 1.807) is 0 Å². The van der Waals surface area contributed by atoms with E-state index in [1.165, 1.54) is 10.6 Å². The van der Waals surface area contributed by atoms with Gasteiger partial charge in [-0.1, -0.05) is 48.7 Å². The van der Waals surface area contributed by atoms with Gasteiger partial charge in [-0.2, -0.15) is 9.61 Å². The summed E-state index contributed by atoms with van der Waals surface area (Å²) in [6.07, 6.45) is 5.06. The SMILES string of the molecule is Cc1noc(C)c1-c1ccc(-c2cc(=O)n3nc(C(=O)O)c(C4CCCCC4)c3[nH]2)cc1. The van der Waals surface area contributed by atoms with Gasteiger partial charge in [-0.3, -0.25) is 4.79 Å². The maximum atomic E-state index is 12.9. The van der Waals surface area contributed by atoms with Crippen LogP contribution in [0.2, 0.25) is 0 Å². The largest absolute Gasteiger partial charge is 0.476 e. The summed E-state index contributed by atoms with van der Waals surface area (Å²) in [6.45, 7) is 3.78. The quantitative estimate of drug-likeness (QED) is 0.483. The molecule has 0 bridgehead atoms. The second-order valence-corrected chi connectivity index (χ2v) is 8.46. The van der Waals surface area contributed by atoms with Crippen molar-refractivity contribution in [3.05, 3.63) is 63.4 Å². The van der Waals surface area contributed by atoms with Gasteiger partial charge in [0.2, 0.25) is 0 Å². The Labute approximate surface area is 183 Å². The molecule has 8 heteroatoms. The van der Waals surface area contributed by atoms with Crippen LogP contribution in [-0.2, 0) is 0 Å². The average Bonchev–Trinajstić information content (AvgIpc) is 3.35. The van der Waals surface area contributed by atoms with Crippen LogP contribution in [0.5, 0.6) is 0 Å². The number of carboxylic acid groups (broad SMARTS) is 1. The summed E-state index contributed by atoms with van der Waals surface area (Å²) >= 11 is 0. The minimum atomic E-state index is -1.10. The van der Waals surface area contributed by atoms with E-state index >= 15 is 0 Å². The molecule has 1 aromatic carbocycles. The number of aryl methyl sites for hydroxylation is 2. The first-order chi connectivity index (χ1) is 15.4. The maximum Gasteiger partial charge on any atom is 0.356 e. The highest BCUT2D eigenvalue weighted by atomic mass is 16.5. The zero-order valence-electron chi connectivity index (χ0n) is 18.0. The highest BCUT2D eigenvalue weighted by Crippen LogP contribution is 2.36. The fourth-order valence-electron chi connectivity index (χ4n) is 4.86. The molecule has 1 saturated carbocycles. The van der Waals surface area contributed by atoms with Crippen LogP contribution in [0.3, 0.4) is 0 Å². The number of aromatic carboxylic acids is 1. The van der Waals surface area contributed by atoms with Crippen molar-refractivity contribution >= 4 is 11.6 Å². The van der Waals surface area contributed by atoms with E-state index in [1.807, 2.05) is 38.1 Å². The van der Waals surface area contributed by atoms with Crippen LogP contribution in [0.4, 0.5) is 0 Å². The van der Waals surface area contributed by atoms with Crippen molar-refractivity contribution in [3.63, 3.8) is 0 Å². The lowest BCUT2D eigenvalue weighted by molar-refractivity contribution is 0.0688. The highest BCUT2D eigenvalue weighted by molar-refractivity contribution is 5.90. The first-order valence-electron chi connectivity index (χ1n) is 10.9. The maximum absolute atomic E-state index is 12.9. The number of hydrogen-bond donors (Lipinski definition) is 2. The smallest absolute Gasteiger partial charge is 0.356 e. The number of fused-ring (bicyclic) bond motifs is 1. The zero-order chi connectivity index (χ0) is 22.4. The van der Waals surface area contributed by atoms with Crippen LogP contribution in [0.15, 0.2) is 39.6 Å². The number of aromatic amines is 1. The van der Waals surface area contributed by atoms with Gasteiger partial charge in [0.05, 0.1) is 11.4 Å². The molecule has 1 aliphatic rings. The molecule has 1 fully saturated rings. The molecule has 0 atom stereocenters. The van der Waals surface area contributed by atoms with E-state index < -0.39 is 5.97 Å². The Morgan fingerprint density at radius 3 is 2.44 bits per heavy atom. The monoisotopic (exact) mass is 432 g/mol. The van der Waals surface area contributed by atoms with Crippen molar-refractivity contribution in [3.8, 4) is 22.4 Å². The molecule has 2 N–H and O–H groups in total. The number of nitrogens with zero attached hydrogens (tertiary/aromatic N) is 3. The van der Waals surface area contributed by atoms with Gasteiger partial charge in [0.1, 0.15) is 11.4 Å². The first-order valence-corrected chi connectivity index (χ1v) is 10.9. The van der Waals surface area contributed by atoms with Gasteiger partial charge in [-0.15, -0.1) is 0 Å². The highest BCUT2D eigenvalue weighted by Gasteiger charge is 2.28. The van der Waals surface area contributed by atoms with Gasteiger partial charge in [-0.05, 0) is 43.7 Å². The Bertz CT molecular complexity index is 1350. The Balaban J connectivity index is 1.62. The van der Waals surface area contributed by atoms with Gasteiger partial charge in [0.25, 0.3) is 5.56 Å². The van der Waals surface area contributed by atoms with E-state index in [4.69, 9.17) is 4.52 Å².